The Kier molecular flexibility index (Phi) is 5.98. The summed E-state index contributed by atoms with van der Waals surface area (Å²) in [4.78, 5) is 12.5. The predicted octanol–water partition coefficient (Wildman–Crippen LogP) is 4.37. The average Bonchev–Trinajstić information content (AvgIpc) is 2.73. The molecule has 0 radical (unpaired) electrons. The number of rotatable bonds is 5. The minimum atomic E-state index is -4.56. The van der Waals surface area contributed by atoms with E-state index in [1.165, 1.54) is 24.9 Å². The highest BCUT2D eigenvalue weighted by Crippen LogP contribution is 2.52. The second-order valence-corrected chi connectivity index (χ2v) is 10.7. The Labute approximate surface area is 164 Å². The molecule has 1 aliphatic rings. The maximum atomic E-state index is 12.5. The summed E-state index contributed by atoms with van der Waals surface area (Å²) < 4.78 is 47.7. The molecule has 1 aromatic rings. The molecule has 0 fully saturated rings. The van der Waals surface area contributed by atoms with Crippen LogP contribution < -0.4 is 5.32 Å². The first kappa shape index (κ1) is 21.7. The first-order valence-corrected chi connectivity index (χ1v) is 11.0. The quantitative estimate of drug-likeness (QED) is 0.691. The lowest BCUT2D eigenvalue weighted by molar-refractivity contribution is -0.153. The molecule has 2 rings (SSSR count). The summed E-state index contributed by atoms with van der Waals surface area (Å²) in [5.74, 6) is -0.473. The molecule has 1 heterocycles. The fourth-order valence-corrected chi connectivity index (χ4v) is 4.13. The lowest BCUT2D eigenvalue weighted by Crippen LogP contribution is -2.38. The maximum absolute atomic E-state index is 12.5. The lowest BCUT2D eigenvalue weighted by Gasteiger charge is -2.28. The number of hydrogen-bond donors (Lipinski definition) is 1. The summed E-state index contributed by atoms with van der Waals surface area (Å²) in [6, 6.07) is 6.23. The van der Waals surface area contributed by atoms with Crippen LogP contribution >= 0.6 is 18.1 Å². The van der Waals surface area contributed by atoms with Crippen molar-refractivity contribution in [1.82, 2.24) is 5.32 Å². The largest absolute Gasteiger partial charge is 0.445 e. The van der Waals surface area contributed by atoms with Crippen LogP contribution in [0.25, 0.3) is 5.57 Å². The van der Waals surface area contributed by atoms with E-state index in [1.54, 1.807) is 13.8 Å². The first-order valence-electron chi connectivity index (χ1n) is 7.51. The van der Waals surface area contributed by atoms with Crippen molar-refractivity contribution in [3.05, 3.63) is 40.1 Å². The van der Waals surface area contributed by atoms with Crippen LogP contribution in [0.1, 0.15) is 25.0 Å². The highest BCUT2D eigenvalue weighted by atomic mass is 35.5. The molecule has 0 aromatic heterocycles. The summed E-state index contributed by atoms with van der Waals surface area (Å²) in [7, 11) is 0. The molecule has 0 bridgehead atoms. The molecule has 1 atom stereocenters. The topological polar surface area (TPSA) is 71.4 Å². The third kappa shape index (κ3) is 5.23. The van der Waals surface area contributed by atoms with Crippen molar-refractivity contribution < 1.29 is 27.0 Å². The average molecular weight is 439 g/mol. The molecule has 5 nitrogen and oxygen atoms in total. The van der Waals surface area contributed by atoms with Gasteiger partial charge in [-0.2, -0.15) is 18.4 Å². The number of nitrogens with one attached hydrogen (secondary N) is 1. The zero-order valence-corrected chi connectivity index (χ0v) is 16.9. The molecule has 11 heteroatoms. The zero-order chi connectivity index (χ0) is 20.6. The minimum Gasteiger partial charge on any atom is -0.445 e. The highest BCUT2D eigenvalue weighted by molar-refractivity contribution is 8.09. The van der Waals surface area contributed by atoms with Crippen LogP contribution in [-0.2, 0) is 25.6 Å². The van der Waals surface area contributed by atoms with Gasteiger partial charge in [0.25, 0.3) is 5.91 Å². The van der Waals surface area contributed by atoms with E-state index in [1.807, 2.05) is 6.07 Å². The van der Waals surface area contributed by atoms with Gasteiger partial charge in [-0.15, -0.1) is 0 Å². The maximum Gasteiger partial charge on any atom is 0.412 e. The van der Waals surface area contributed by atoms with Crippen LogP contribution in [0.3, 0.4) is 0 Å². The van der Waals surface area contributed by atoms with Crippen LogP contribution in [0.5, 0.6) is 0 Å². The lowest BCUT2D eigenvalue weighted by atomic mass is 9.99. The van der Waals surface area contributed by atoms with Crippen molar-refractivity contribution in [2.45, 2.75) is 25.6 Å². The van der Waals surface area contributed by atoms with E-state index in [2.05, 4.69) is 5.32 Å². The van der Waals surface area contributed by atoms with Crippen molar-refractivity contribution in [3.63, 3.8) is 0 Å². The number of alkyl halides is 3. The number of nitrogens with zero attached hydrogens (tertiary/aromatic N) is 1. The molecule has 0 spiro atoms. The molecule has 0 aliphatic carbocycles. The Morgan fingerprint density at radius 1 is 1.41 bits per heavy atom. The van der Waals surface area contributed by atoms with Gasteiger partial charge < -0.3 is 14.4 Å². The van der Waals surface area contributed by atoms with Gasteiger partial charge >= 0.3 is 6.18 Å². The standard InChI is InChI=1S/C16H15ClF3N2O3PS/c1-15(2)13(25-26(3,27)24-8-16(18,19)20)12(14(23)22-15)10-5-4-9(7-21)6-11(10)17/h4-6H,8H2,1-3H3,(H,22,23). The van der Waals surface area contributed by atoms with Crippen LogP contribution in [0.4, 0.5) is 13.2 Å². The van der Waals surface area contributed by atoms with E-state index in [-0.39, 0.29) is 21.9 Å². The molecular weight excluding hydrogens is 424 g/mol. The van der Waals surface area contributed by atoms with Crippen LogP contribution in [0.15, 0.2) is 24.0 Å². The molecule has 1 aliphatic heterocycles. The number of hydrogen-bond acceptors (Lipinski definition) is 5. The van der Waals surface area contributed by atoms with Gasteiger partial charge in [-0.05, 0) is 37.8 Å². The summed E-state index contributed by atoms with van der Waals surface area (Å²) in [6.45, 7) is -0.440. The van der Waals surface area contributed by atoms with Crippen LogP contribution in [-0.4, -0.2) is 30.9 Å². The van der Waals surface area contributed by atoms with E-state index in [9.17, 15) is 18.0 Å². The Bertz CT molecular complexity index is 909. The molecule has 0 saturated heterocycles. The van der Waals surface area contributed by atoms with Crippen LogP contribution in [0, 0.1) is 11.3 Å². The number of nitriles is 1. The third-order valence-corrected chi connectivity index (χ3v) is 5.50. The SMILES string of the molecule is CC1(C)NC(=O)C(c2ccc(C#N)cc2Cl)=C1OP(C)(=S)OCC(F)(F)F. The molecule has 146 valence electrons. The van der Waals surface area contributed by atoms with Crippen molar-refractivity contribution in [2.75, 3.05) is 13.3 Å². The smallest absolute Gasteiger partial charge is 0.412 e. The van der Waals surface area contributed by atoms with Crippen LogP contribution in [0.2, 0.25) is 5.02 Å². The summed E-state index contributed by atoms with van der Waals surface area (Å²) in [5, 5.41) is 11.7. The van der Waals surface area contributed by atoms with E-state index in [4.69, 9.17) is 37.7 Å². The van der Waals surface area contributed by atoms with Gasteiger partial charge in [0.15, 0.2) is 6.61 Å². The fourth-order valence-electron chi connectivity index (χ4n) is 2.39. The second-order valence-electron chi connectivity index (χ2n) is 6.34. The molecular formula is C16H15ClF3N2O3PS. The summed E-state index contributed by atoms with van der Waals surface area (Å²) in [6.07, 6.45) is -4.56. The minimum absolute atomic E-state index is 0.0428. The Morgan fingerprint density at radius 3 is 2.56 bits per heavy atom. The van der Waals surface area contributed by atoms with Gasteiger partial charge in [0.2, 0.25) is 6.49 Å². The van der Waals surface area contributed by atoms with Crippen molar-refractivity contribution in [3.8, 4) is 6.07 Å². The van der Waals surface area contributed by atoms with Gasteiger partial charge in [-0.1, -0.05) is 17.7 Å². The van der Waals surface area contributed by atoms with Gasteiger partial charge in [-0.3, -0.25) is 4.79 Å². The van der Waals surface area contributed by atoms with E-state index in [0.717, 1.165) is 0 Å². The number of carbonyl (C=O) groups is 1. The summed E-state index contributed by atoms with van der Waals surface area (Å²) in [5.41, 5.74) is -0.426. The Morgan fingerprint density at radius 2 is 2.04 bits per heavy atom. The molecule has 0 saturated carbocycles. The third-order valence-electron chi connectivity index (χ3n) is 3.54. The zero-order valence-electron chi connectivity index (χ0n) is 14.5. The summed E-state index contributed by atoms with van der Waals surface area (Å²) >= 11 is 11.3. The number of benzene rings is 1. The van der Waals surface area contributed by atoms with Gasteiger partial charge in [0.1, 0.15) is 5.76 Å². The molecule has 27 heavy (non-hydrogen) atoms. The van der Waals surface area contributed by atoms with Gasteiger partial charge in [0.05, 0.1) is 27.8 Å². The number of amides is 1. The van der Waals surface area contributed by atoms with Gasteiger partial charge in [-0.25, -0.2) is 0 Å². The highest BCUT2D eigenvalue weighted by Gasteiger charge is 2.43. The van der Waals surface area contributed by atoms with E-state index in [0.29, 0.717) is 5.56 Å². The second kappa shape index (κ2) is 7.44. The molecule has 1 aromatic carbocycles. The van der Waals surface area contributed by atoms with E-state index < -0.39 is 30.7 Å². The van der Waals surface area contributed by atoms with Crippen molar-refractivity contribution in [2.24, 2.45) is 0 Å². The fraction of sp³-hybridized carbons (Fsp3) is 0.375. The monoisotopic (exact) mass is 438 g/mol. The molecule has 1 unspecified atom stereocenters. The van der Waals surface area contributed by atoms with Crippen molar-refractivity contribution >= 4 is 41.4 Å². The predicted molar refractivity (Wildman–Crippen MR) is 98.6 cm³/mol. The van der Waals surface area contributed by atoms with Gasteiger partial charge in [0, 0.05) is 12.2 Å². The molecule has 1 N–H and O–H groups in total. The van der Waals surface area contributed by atoms with Crippen molar-refractivity contribution in [1.29, 1.82) is 5.26 Å². The molecule has 1 amide bonds. The normalized spacial score (nSPS) is 18.7. The first-order chi connectivity index (χ1) is 12.3. The Balaban J connectivity index is 2.49. The van der Waals surface area contributed by atoms with E-state index >= 15 is 0 Å². The number of carbonyl (C=O) groups excluding carboxylic acids is 1. The Hall–Kier alpha value is -1.59. The number of halogens is 4.